The van der Waals surface area contributed by atoms with Gasteiger partial charge in [-0.25, -0.2) is 8.78 Å². The molecule has 0 saturated carbocycles. The summed E-state index contributed by atoms with van der Waals surface area (Å²) >= 11 is 0. The number of benzene rings is 1. The van der Waals surface area contributed by atoms with E-state index in [1.165, 1.54) is 11.0 Å². The van der Waals surface area contributed by atoms with Gasteiger partial charge in [-0.3, -0.25) is 4.79 Å². The van der Waals surface area contributed by atoms with Gasteiger partial charge in [-0.2, -0.15) is 0 Å². The first kappa shape index (κ1) is 15.6. The highest BCUT2D eigenvalue weighted by atomic mass is 19.2. The van der Waals surface area contributed by atoms with Crippen LogP contribution in [0.15, 0.2) is 18.2 Å². The fraction of sp³-hybridized carbons (Fsp3) is 0.500. The van der Waals surface area contributed by atoms with Crippen LogP contribution in [0.2, 0.25) is 0 Å². The standard InChI is InChI=1S/C14H20F2N2O/c1-9(17)4-7-14(19)18(3)10(2)11-5-6-12(15)13(16)8-11/h5-6,8-10H,4,7,17H2,1-3H3. The molecule has 0 heterocycles. The van der Waals surface area contributed by atoms with Crippen LogP contribution in [0.25, 0.3) is 0 Å². The fourth-order valence-corrected chi connectivity index (χ4v) is 1.74. The Labute approximate surface area is 112 Å². The van der Waals surface area contributed by atoms with Crippen LogP contribution in [-0.4, -0.2) is 23.9 Å². The first-order valence-corrected chi connectivity index (χ1v) is 6.29. The van der Waals surface area contributed by atoms with Crippen LogP contribution in [0.1, 0.15) is 38.3 Å². The second kappa shape index (κ2) is 6.61. The zero-order valence-electron chi connectivity index (χ0n) is 11.5. The number of hydrogen-bond acceptors (Lipinski definition) is 2. The molecule has 0 spiro atoms. The molecule has 1 amide bonds. The van der Waals surface area contributed by atoms with Crippen molar-refractivity contribution in [2.75, 3.05) is 7.05 Å². The van der Waals surface area contributed by atoms with Gasteiger partial charge in [0.2, 0.25) is 5.91 Å². The fourth-order valence-electron chi connectivity index (χ4n) is 1.74. The third-order valence-electron chi connectivity index (χ3n) is 3.21. The van der Waals surface area contributed by atoms with Crippen molar-refractivity contribution < 1.29 is 13.6 Å². The smallest absolute Gasteiger partial charge is 0.222 e. The summed E-state index contributed by atoms with van der Waals surface area (Å²) in [4.78, 5) is 13.4. The maximum absolute atomic E-state index is 13.2. The van der Waals surface area contributed by atoms with E-state index < -0.39 is 11.6 Å². The van der Waals surface area contributed by atoms with Crippen molar-refractivity contribution in [1.29, 1.82) is 0 Å². The van der Waals surface area contributed by atoms with E-state index in [1.807, 2.05) is 6.92 Å². The molecule has 0 fully saturated rings. The molecule has 19 heavy (non-hydrogen) atoms. The molecule has 0 aliphatic rings. The van der Waals surface area contributed by atoms with Gasteiger partial charge in [-0.1, -0.05) is 6.07 Å². The third kappa shape index (κ3) is 4.28. The summed E-state index contributed by atoms with van der Waals surface area (Å²) in [6.07, 6.45) is 0.954. The molecule has 3 nitrogen and oxygen atoms in total. The van der Waals surface area contributed by atoms with E-state index in [0.717, 1.165) is 12.1 Å². The quantitative estimate of drug-likeness (QED) is 0.894. The minimum atomic E-state index is -0.902. The van der Waals surface area contributed by atoms with Crippen molar-refractivity contribution >= 4 is 5.91 Å². The zero-order chi connectivity index (χ0) is 14.6. The van der Waals surface area contributed by atoms with Crippen molar-refractivity contribution in [1.82, 2.24) is 4.90 Å². The van der Waals surface area contributed by atoms with Crippen molar-refractivity contribution in [3.05, 3.63) is 35.4 Å². The van der Waals surface area contributed by atoms with Crippen LogP contribution in [-0.2, 0) is 4.79 Å². The molecular weight excluding hydrogens is 250 g/mol. The molecule has 0 aromatic heterocycles. The van der Waals surface area contributed by atoms with Crippen LogP contribution < -0.4 is 5.73 Å². The van der Waals surface area contributed by atoms with Gasteiger partial charge in [-0.15, -0.1) is 0 Å². The Bertz CT molecular complexity index is 449. The van der Waals surface area contributed by atoms with Gasteiger partial charge < -0.3 is 10.6 Å². The Morgan fingerprint density at radius 2 is 1.95 bits per heavy atom. The van der Waals surface area contributed by atoms with E-state index in [2.05, 4.69) is 0 Å². The SMILES string of the molecule is CC(N)CCC(=O)N(C)C(C)c1ccc(F)c(F)c1. The predicted octanol–water partition coefficient (Wildman–Crippen LogP) is 2.61. The van der Waals surface area contributed by atoms with Gasteiger partial charge in [0.15, 0.2) is 11.6 Å². The van der Waals surface area contributed by atoms with E-state index in [0.29, 0.717) is 18.4 Å². The van der Waals surface area contributed by atoms with Gasteiger partial charge in [-0.05, 0) is 38.0 Å². The maximum atomic E-state index is 13.2. The topological polar surface area (TPSA) is 46.3 Å². The zero-order valence-corrected chi connectivity index (χ0v) is 11.5. The summed E-state index contributed by atoms with van der Waals surface area (Å²) in [5.41, 5.74) is 6.17. The Hall–Kier alpha value is -1.49. The number of hydrogen-bond donors (Lipinski definition) is 1. The maximum Gasteiger partial charge on any atom is 0.222 e. The second-order valence-corrected chi connectivity index (χ2v) is 4.87. The lowest BCUT2D eigenvalue weighted by atomic mass is 10.1. The summed E-state index contributed by atoms with van der Waals surface area (Å²) in [7, 11) is 1.65. The minimum Gasteiger partial charge on any atom is -0.339 e. The van der Waals surface area contributed by atoms with Gasteiger partial charge in [0.1, 0.15) is 0 Å². The van der Waals surface area contributed by atoms with Gasteiger partial charge >= 0.3 is 0 Å². The van der Waals surface area contributed by atoms with Crippen molar-refractivity contribution in [3.63, 3.8) is 0 Å². The normalized spacial score (nSPS) is 14.0. The highest BCUT2D eigenvalue weighted by molar-refractivity contribution is 5.76. The number of rotatable bonds is 5. The number of nitrogens with zero attached hydrogens (tertiary/aromatic N) is 1. The largest absolute Gasteiger partial charge is 0.339 e. The van der Waals surface area contributed by atoms with E-state index in [-0.39, 0.29) is 18.0 Å². The number of nitrogens with two attached hydrogens (primary N) is 1. The molecule has 5 heteroatoms. The van der Waals surface area contributed by atoms with Gasteiger partial charge in [0.05, 0.1) is 6.04 Å². The molecule has 1 aromatic carbocycles. The lowest BCUT2D eigenvalue weighted by Gasteiger charge is -2.25. The van der Waals surface area contributed by atoms with E-state index in [1.54, 1.807) is 14.0 Å². The van der Waals surface area contributed by atoms with Crippen LogP contribution in [0.3, 0.4) is 0 Å². The highest BCUT2D eigenvalue weighted by Crippen LogP contribution is 2.21. The summed E-state index contributed by atoms with van der Waals surface area (Å²) in [5.74, 6) is -1.85. The van der Waals surface area contributed by atoms with E-state index >= 15 is 0 Å². The molecule has 1 rings (SSSR count). The molecule has 0 aliphatic carbocycles. The Kier molecular flexibility index (Phi) is 5.42. The molecule has 1 aromatic rings. The van der Waals surface area contributed by atoms with Crippen LogP contribution in [0, 0.1) is 11.6 Å². The van der Waals surface area contributed by atoms with Gasteiger partial charge in [0.25, 0.3) is 0 Å². The number of halogens is 2. The molecular formula is C14H20F2N2O. The molecule has 2 N–H and O–H groups in total. The molecule has 106 valence electrons. The van der Waals surface area contributed by atoms with Gasteiger partial charge in [0, 0.05) is 19.5 Å². The number of carbonyl (C=O) groups is 1. The first-order valence-electron chi connectivity index (χ1n) is 6.29. The molecule has 0 bridgehead atoms. The lowest BCUT2D eigenvalue weighted by molar-refractivity contribution is -0.132. The molecule has 2 unspecified atom stereocenters. The summed E-state index contributed by atoms with van der Waals surface area (Å²) < 4.78 is 26.0. The summed E-state index contributed by atoms with van der Waals surface area (Å²) in [6, 6.07) is 3.33. The average Bonchev–Trinajstić information content (AvgIpc) is 2.37. The summed E-state index contributed by atoms with van der Waals surface area (Å²) in [6.45, 7) is 3.61. The molecule has 0 radical (unpaired) electrons. The average molecular weight is 270 g/mol. The number of amides is 1. The molecule has 0 saturated heterocycles. The van der Waals surface area contributed by atoms with Crippen molar-refractivity contribution in [2.45, 2.75) is 38.8 Å². The third-order valence-corrected chi connectivity index (χ3v) is 3.21. The van der Waals surface area contributed by atoms with Crippen LogP contribution in [0.5, 0.6) is 0 Å². The summed E-state index contributed by atoms with van der Waals surface area (Å²) in [5, 5.41) is 0. The highest BCUT2D eigenvalue weighted by Gasteiger charge is 2.18. The molecule has 2 atom stereocenters. The first-order chi connectivity index (χ1) is 8.82. The number of carbonyl (C=O) groups excluding carboxylic acids is 1. The van der Waals surface area contributed by atoms with Crippen molar-refractivity contribution in [2.24, 2.45) is 5.73 Å². The van der Waals surface area contributed by atoms with Crippen LogP contribution in [0.4, 0.5) is 8.78 Å². The second-order valence-electron chi connectivity index (χ2n) is 4.87. The lowest BCUT2D eigenvalue weighted by Crippen LogP contribution is -2.30. The minimum absolute atomic E-state index is 0.0316. The van der Waals surface area contributed by atoms with E-state index in [9.17, 15) is 13.6 Å². The predicted molar refractivity (Wildman–Crippen MR) is 70.4 cm³/mol. The monoisotopic (exact) mass is 270 g/mol. The Balaban J connectivity index is 2.72. The Morgan fingerprint density at radius 1 is 1.32 bits per heavy atom. The van der Waals surface area contributed by atoms with Crippen LogP contribution >= 0.6 is 0 Å². The van der Waals surface area contributed by atoms with Crippen molar-refractivity contribution in [3.8, 4) is 0 Å². The van der Waals surface area contributed by atoms with E-state index in [4.69, 9.17) is 5.73 Å². The Morgan fingerprint density at radius 3 is 2.47 bits per heavy atom. The molecule has 0 aliphatic heterocycles.